The summed E-state index contributed by atoms with van der Waals surface area (Å²) in [7, 11) is 2.03. The minimum absolute atomic E-state index is 0.260. The fraction of sp³-hybridized carbons (Fsp3) is 1.00. The molecule has 2 nitrogen and oxygen atoms in total. The van der Waals surface area contributed by atoms with Crippen LogP contribution in [0, 0.1) is 0 Å². The van der Waals surface area contributed by atoms with E-state index >= 15 is 0 Å². The summed E-state index contributed by atoms with van der Waals surface area (Å²) in [5.41, 5.74) is 0. The van der Waals surface area contributed by atoms with Crippen molar-refractivity contribution in [3.05, 3.63) is 0 Å². The van der Waals surface area contributed by atoms with Crippen LogP contribution in [0.25, 0.3) is 0 Å². The molecule has 1 N–H and O–H groups in total. The zero-order valence-corrected chi connectivity index (χ0v) is 6.59. The first-order chi connectivity index (χ1) is 4.22. The summed E-state index contributed by atoms with van der Waals surface area (Å²) in [5, 5.41) is 8.69. The number of rotatable bonds is 4. The molecule has 0 aromatic heterocycles. The van der Waals surface area contributed by atoms with Crippen molar-refractivity contribution in [2.75, 3.05) is 20.2 Å². The predicted octanol–water partition coefficient (Wildman–Crippen LogP) is 0.709. The summed E-state index contributed by atoms with van der Waals surface area (Å²) < 4.78 is 0. The normalized spacial score (nSPS) is 14.3. The van der Waals surface area contributed by atoms with Crippen molar-refractivity contribution in [2.24, 2.45) is 0 Å². The highest BCUT2D eigenvalue weighted by atomic mass is 16.3. The van der Waals surface area contributed by atoms with Gasteiger partial charge in [-0.1, -0.05) is 6.92 Å². The van der Waals surface area contributed by atoms with E-state index in [1.165, 1.54) is 0 Å². The van der Waals surface area contributed by atoms with Gasteiger partial charge in [0, 0.05) is 6.04 Å². The van der Waals surface area contributed by atoms with Crippen molar-refractivity contribution in [3.8, 4) is 0 Å². The zero-order valence-electron chi connectivity index (χ0n) is 6.59. The first-order valence-corrected chi connectivity index (χ1v) is 3.53. The molecule has 0 aromatic rings. The van der Waals surface area contributed by atoms with E-state index in [1.54, 1.807) is 0 Å². The Morgan fingerprint density at radius 2 is 2.11 bits per heavy atom. The molecule has 0 aliphatic rings. The molecular weight excluding hydrogens is 114 g/mol. The van der Waals surface area contributed by atoms with Crippen LogP contribution in [0.3, 0.4) is 0 Å². The van der Waals surface area contributed by atoms with Crippen LogP contribution < -0.4 is 0 Å². The van der Waals surface area contributed by atoms with Crippen molar-refractivity contribution in [1.82, 2.24) is 4.90 Å². The summed E-state index contributed by atoms with van der Waals surface area (Å²) in [5.74, 6) is 0. The van der Waals surface area contributed by atoms with Gasteiger partial charge in [0.1, 0.15) is 0 Å². The fourth-order valence-electron chi connectivity index (χ4n) is 0.712. The van der Waals surface area contributed by atoms with Gasteiger partial charge in [-0.2, -0.15) is 0 Å². The quantitative estimate of drug-likeness (QED) is 0.607. The Kier molecular flexibility index (Phi) is 4.72. The second-order valence-electron chi connectivity index (χ2n) is 2.51. The monoisotopic (exact) mass is 131 g/mol. The molecule has 0 radical (unpaired) electrons. The lowest BCUT2D eigenvalue weighted by Gasteiger charge is -2.21. The molecule has 0 saturated heterocycles. The molecule has 56 valence electrons. The van der Waals surface area contributed by atoms with Gasteiger partial charge in [-0.15, -0.1) is 0 Å². The third kappa shape index (κ3) is 3.49. The van der Waals surface area contributed by atoms with Crippen LogP contribution >= 0.6 is 0 Å². The van der Waals surface area contributed by atoms with Crippen LogP contribution in [0.15, 0.2) is 0 Å². The van der Waals surface area contributed by atoms with Crippen LogP contribution in [0.1, 0.15) is 20.3 Å². The van der Waals surface area contributed by atoms with Crippen molar-refractivity contribution < 1.29 is 5.11 Å². The molecule has 1 atom stereocenters. The summed E-state index contributed by atoms with van der Waals surface area (Å²) in [6.45, 7) is 5.49. The van der Waals surface area contributed by atoms with Crippen molar-refractivity contribution in [3.63, 3.8) is 0 Å². The van der Waals surface area contributed by atoms with Crippen LogP contribution in [0.4, 0.5) is 0 Å². The largest absolute Gasteiger partial charge is 0.395 e. The molecule has 0 amide bonds. The Hall–Kier alpha value is -0.0800. The van der Waals surface area contributed by atoms with Gasteiger partial charge in [-0.25, -0.2) is 0 Å². The zero-order chi connectivity index (χ0) is 7.28. The lowest BCUT2D eigenvalue weighted by Crippen LogP contribution is -2.32. The van der Waals surface area contributed by atoms with Gasteiger partial charge >= 0.3 is 0 Å². The number of nitrogens with zero attached hydrogens (tertiary/aromatic N) is 1. The molecule has 0 fully saturated rings. The second kappa shape index (κ2) is 4.77. The van der Waals surface area contributed by atoms with E-state index in [2.05, 4.69) is 11.8 Å². The highest BCUT2D eigenvalue weighted by molar-refractivity contribution is 4.59. The molecule has 0 saturated carbocycles. The van der Waals surface area contributed by atoms with Gasteiger partial charge in [0.15, 0.2) is 0 Å². The number of aliphatic hydroxyl groups excluding tert-OH is 1. The fourth-order valence-corrected chi connectivity index (χ4v) is 0.712. The van der Waals surface area contributed by atoms with Crippen LogP contribution in [-0.4, -0.2) is 36.2 Å². The predicted molar refractivity (Wildman–Crippen MR) is 39.5 cm³/mol. The molecule has 0 heterocycles. The van der Waals surface area contributed by atoms with Gasteiger partial charge in [0.05, 0.1) is 6.61 Å². The molecular formula is C7H17NO. The lowest BCUT2D eigenvalue weighted by atomic mass is 10.3. The summed E-state index contributed by atoms with van der Waals surface area (Å²) in [4.78, 5) is 2.15. The smallest absolute Gasteiger partial charge is 0.0584 e. The highest BCUT2D eigenvalue weighted by Gasteiger charge is 2.04. The Morgan fingerprint density at radius 3 is 2.44 bits per heavy atom. The Bertz CT molecular complexity index is 65.9. The van der Waals surface area contributed by atoms with E-state index < -0.39 is 0 Å². The Labute approximate surface area is 57.5 Å². The second-order valence-corrected chi connectivity index (χ2v) is 2.51. The van der Waals surface area contributed by atoms with Crippen LogP contribution in [0.5, 0.6) is 0 Å². The van der Waals surface area contributed by atoms with Crippen LogP contribution in [0.2, 0.25) is 0 Å². The third-order valence-electron chi connectivity index (χ3n) is 1.59. The highest BCUT2D eigenvalue weighted by Crippen LogP contribution is 1.93. The molecule has 0 aliphatic carbocycles. The Morgan fingerprint density at radius 1 is 1.56 bits per heavy atom. The van der Waals surface area contributed by atoms with Crippen molar-refractivity contribution in [2.45, 2.75) is 26.3 Å². The van der Waals surface area contributed by atoms with E-state index in [0.29, 0.717) is 6.04 Å². The van der Waals surface area contributed by atoms with E-state index in [4.69, 9.17) is 5.11 Å². The molecule has 0 aromatic carbocycles. The van der Waals surface area contributed by atoms with E-state index in [9.17, 15) is 0 Å². The van der Waals surface area contributed by atoms with E-state index in [1.807, 2.05) is 14.0 Å². The summed E-state index contributed by atoms with van der Waals surface area (Å²) in [6, 6.07) is 0.310. The third-order valence-corrected chi connectivity index (χ3v) is 1.59. The number of hydrogen-bond donors (Lipinski definition) is 1. The topological polar surface area (TPSA) is 23.5 Å². The van der Waals surface area contributed by atoms with Gasteiger partial charge in [-0.05, 0) is 26.9 Å². The molecule has 0 bridgehead atoms. The van der Waals surface area contributed by atoms with Gasteiger partial charge in [-0.3, -0.25) is 0 Å². The maximum Gasteiger partial charge on any atom is 0.0584 e. The lowest BCUT2D eigenvalue weighted by molar-refractivity contribution is 0.159. The number of aliphatic hydroxyl groups is 1. The molecule has 0 rings (SSSR count). The minimum atomic E-state index is 0.260. The Balaban J connectivity index is 3.32. The van der Waals surface area contributed by atoms with Crippen LogP contribution in [-0.2, 0) is 0 Å². The van der Waals surface area contributed by atoms with Gasteiger partial charge in [0.25, 0.3) is 0 Å². The number of hydrogen-bond acceptors (Lipinski definition) is 2. The SMILES string of the molecule is CCCN(C)C(C)CO. The molecule has 0 spiro atoms. The molecule has 9 heavy (non-hydrogen) atoms. The molecule has 2 heteroatoms. The van der Waals surface area contributed by atoms with Gasteiger partial charge in [0.2, 0.25) is 0 Å². The number of likely N-dealkylation sites (N-methyl/N-ethyl adjacent to an activating group) is 1. The van der Waals surface area contributed by atoms with E-state index in [-0.39, 0.29) is 6.61 Å². The minimum Gasteiger partial charge on any atom is -0.395 e. The molecule has 0 aliphatic heterocycles. The molecule has 1 unspecified atom stereocenters. The summed E-state index contributed by atoms with van der Waals surface area (Å²) >= 11 is 0. The van der Waals surface area contributed by atoms with Crippen molar-refractivity contribution >= 4 is 0 Å². The first kappa shape index (κ1) is 8.92. The van der Waals surface area contributed by atoms with Crippen molar-refractivity contribution in [1.29, 1.82) is 0 Å². The summed E-state index contributed by atoms with van der Waals surface area (Å²) in [6.07, 6.45) is 1.15. The average molecular weight is 131 g/mol. The average Bonchev–Trinajstić information content (AvgIpc) is 1.87. The van der Waals surface area contributed by atoms with Gasteiger partial charge < -0.3 is 10.0 Å². The maximum atomic E-state index is 8.69. The standard InChI is InChI=1S/C7H17NO/c1-4-5-8(3)7(2)6-9/h7,9H,4-6H2,1-3H3. The maximum absolute atomic E-state index is 8.69. The first-order valence-electron chi connectivity index (χ1n) is 3.53. The van der Waals surface area contributed by atoms with E-state index in [0.717, 1.165) is 13.0 Å².